The molecule has 23 heavy (non-hydrogen) atoms. The van der Waals surface area contributed by atoms with E-state index in [1.165, 1.54) is 61.6 Å². The maximum atomic E-state index is 6.13. The second-order valence-electron chi connectivity index (χ2n) is 6.78. The summed E-state index contributed by atoms with van der Waals surface area (Å²) in [5.41, 5.74) is 6.10. The zero-order valence-electron chi connectivity index (χ0n) is 13.5. The molecule has 0 saturated carbocycles. The second-order valence-corrected chi connectivity index (χ2v) is 7.22. The first-order valence-electron chi connectivity index (χ1n) is 8.91. The molecule has 1 aliphatic rings. The van der Waals surface area contributed by atoms with Crippen LogP contribution in [0.15, 0.2) is 24.3 Å². The maximum Gasteiger partial charge on any atom is 0.0961 e. The van der Waals surface area contributed by atoms with E-state index in [4.69, 9.17) is 16.6 Å². The Labute approximate surface area is 142 Å². The van der Waals surface area contributed by atoms with Crippen molar-refractivity contribution < 1.29 is 0 Å². The Bertz CT molecular complexity index is 834. The lowest BCUT2D eigenvalue weighted by atomic mass is 10.0. The van der Waals surface area contributed by atoms with Crippen LogP contribution in [0.25, 0.3) is 21.9 Å². The second kappa shape index (κ2) is 6.52. The summed E-state index contributed by atoms with van der Waals surface area (Å²) in [5.74, 6) is 0. The van der Waals surface area contributed by atoms with Gasteiger partial charge in [0.25, 0.3) is 0 Å². The molecule has 1 aliphatic carbocycles. The van der Waals surface area contributed by atoms with E-state index >= 15 is 0 Å². The number of nitrogens with zero attached hydrogens (tertiary/aromatic N) is 1. The smallest absolute Gasteiger partial charge is 0.0961 e. The Kier molecular flexibility index (Phi) is 4.26. The highest BCUT2D eigenvalue weighted by atomic mass is 35.5. The summed E-state index contributed by atoms with van der Waals surface area (Å²) in [6, 6.07) is 8.37. The van der Waals surface area contributed by atoms with Crippen molar-refractivity contribution in [1.29, 1.82) is 0 Å². The molecule has 1 N–H and O–H groups in total. The fraction of sp³-hybridized carbons (Fsp3) is 0.450. The van der Waals surface area contributed by atoms with Crippen molar-refractivity contribution in [2.45, 2.75) is 57.8 Å². The molecule has 2 aromatic heterocycles. The normalized spacial score (nSPS) is 17.1. The van der Waals surface area contributed by atoms with Crippen molar-refractivity contribution in [2.24, 2.45) is 0 Å². The number of halogens is 1. The fourth-order valence-corrected chi connectivity index (χ4v) is 3.96. The highest BCUT2D eigenvalue weighted by molar-refractivity contribution is 6.31. The molecule has 0 spiro atoms. The third-order valence-corrected chi connectivity index (χ3v) is 5.29. The van der Waals surface area contributed by atoms with E-state index in [1.807, 2.05) is 12.1 Å². The van der Waals surface area contributed by atoms with Gasteiger partial charge >= 0.3 is 0 Å². The largest absolute Gasteiger partial charge is 0.353 e. The number of aryl methyl sites for hydroxylation is 2. The van der Waals surface area contributed by atoms with Gasteiger partial charge in [0.1, 0.15) is 0 Å². The molecule has 4 rings (SSSR count). The minimum absolute atomic E-state index is 0.770. The summed E-state index contributed by atoms with van der Waals surface area (Å²) in [6.07, 6.45) is 11.7. The average Bonchev–Trinajstić information content (AvgIpc) is 2.86. The summed E-state index contributed by atoms with van der Waals surface area (Å²) in [7, 11) is 0. The van der Waals surface area contributed by atoms with Gasteiger partial charge in [0, 0.05) is 21.6 Å². The van der Waals surface area contributed by atoms with Crippen LogP contribution in [0, 0.1) is 0 Å². The van der Waals surface area contributed by atoms with Crippen LogP contribution in [-0.2, 0) is 12.8 Å². The van der Waals surface area contributed by atoms with Gasteiger partial charge in [-0.3, -0.25) is 4.98 Å². The van der Waals surface area contributed by atoms with Crippen molar-refractivity contribution in [2.75, 3.05) is 0 Å². The topological polar surface area (TPSA) is 28.7 Å². The molecule has 2 nitrogen and oxygen atoms in total. The lowest BCUT2D eigenvalue weighted by molar-refractivity contribution is 0.587. The van der Waals surface area contributed by atoms with E-state index in [2.05, 4.69) is 17.1 Å². The van der Waals surface area contributed by atoms with Gasteiger partial charge in [-0.05, 0) is 55.5 Å². The lowest BCUT2D eigenvalue weighted by Gasteiger charge is -2.08. The molecule has 3 heteroatoms. The zero-order chi connectivity index (χ0) is 15.6. The van der Waals surface area contributed by atoms with Crippen molar-refractivity contribution in [3.63, 3.8) is 0 Å². The minimum Gasteiger partial charge on any atom is -0.353 e. The molecule has 1 aromatic carbocycles. The first-order valence-corrected chi connectivity index (χ1v) is 9.29. The van der Waals surface area contributed by atoms with E-state index in [-0.39, 0.29) is 0 Å². The molecular formula is C20H23ClN2. The van der Waals surface area contributed by atoms with E-state index in [1.54, 1.807) is 0 Å². The van der Waals surface area contributed by atoms with Crippen LogP contribution < -0.4 is 0 Å². The van der Waals surface area contributed by atoms with Crippen LogP contribution in [0.2, 0.25) is 5.02 Å². The van der Waals surface area contributed by atoms with Gasteiger partial charge in [-0.15, -0.1) is 0 Å². The first kappa shape index (κ1) is 15.0. The Balaban J connectivity index is 1.81. The van der Waals surface area contributed by atoms with Crippen LogP contribution in [-0.4, -0.2) is 9.97 Å². The first-order chi connectivity index (χ1) is 11.3. The number of benzene rings is 1. The SMILES string of the molecule is Clc1ccc2c(c1)[nH]c1cc3c(nc12)CCCCCCCCC3. The molecule has 120 valence electrons. The third kappa shape index (κ3) is 3.10. The molecule has 0 atom stereocenters. The van der Waals surface area contributed by atoms with Crippen molar-refractivity contribution in [3.05, 3.63) is 40.5 Å². The van der Waals surface area contributed by atoms with Gasteiger partial charge in [-0.25, -0.2) is 0 Å². The van der Waals surface area contributed by atoms with Crippen molar-refractivity contribution in [1.82, 2.24) is 9.97 Å². The molecule has 0 saturated heterocycles. The fourth-order valence-electron chi connectivity index (χ4n) is 3.79. The number of aromatic nitrogens is 2. The highest BCUT2D eigenvalue weighted by Gasteiger charge is 2.12. The summed E-state index contributed by atoms with van der Waals surface area (Å²) in [5, 5.41) is 1.95. The van der Waals surface area contributed by atoms with E-state index in [9.17, 15) is 0 Å². The summed E-state index contributed by atoms with van der Waals surface area (Å²) >= 11 is 6.13. The van der Waals surface area contributed by atoms with Crippen LogP contribution in [0.3, 0.4) is 0 Å². The molecular weight excluding hydrogens is 304 g/mol. The van der Waals surface area contributed by atoms with Crippen molar-refractivity contribution >= 4 is 33.5 Å². The molecule has 0 bridgehead atoms. The van der Waals surface area contributed by atoms with Gasteiger partial charge in [-0.1, -0.05) is 43.7 Å². The van der Waals surface area contributed by atoms with Crippen LogP contribution in [0.4, 0.5) is 0 Å². The summed E-state index contributed by atoms with van der Waals surface area (Å²) in [4.78, 5) is 8.56. The quantitative estimate of drug-likeness (QED) is 0.523. The van der Waals surface area contributed by atoms with Gasteiger partial charge in [0.2, 0.25) is 0 Å². The molecule has 2 heterocycles. The van der Waals surface area contributed by atoms with Gasteiger partial charge < -0.3 is 4.98 Å². The van der Waals surface area contributed by atoms with E-state index in [0.29, 0.717) is 0 Å². The van der Waals surface area contributed by atoms with Gasteiger partial charge in [-0.2, -0.15) is 0 Å². The monoisotopic (exact) mass is 326 g/mol. The lowest BCUT2D eigenvalue weighted by Crippen LogP contribution is -1.99. The van der Waals surface area contributed by atoms with Crippen molar-refractivity contribution in [3.8, 4) is 0 Å². The van der Waals surface area contributed by atoms with Crippen LogP contribution in [0.5, 0.6) is 0 Å². The summed E-state index contributed by atoms with van der Waals surface area (Å²) < 4.78 is 0. The van der Waals surface area contributed by atoms with E-state index in [0.717, 1.165) is 34.4 Å². The minimum atomic E-state index is 0.770. The zero-order valence-corrected chi connectivity index (χ0v) is 14.3. The van der Waals surface area contributed by atoms with Crippen LogP contribution >= 0.6 is 11.6 Å². The molecule has 0 radical (unpaired) electrons. The van der Waals surface area contributed by atoms with Gasteiger partial charge in [0.05, 0.1) is 11.0 Å². The van der Waals surface area contributed by atoms with Crippen LogP contribution in [0.1, 0.15) is 56.2 Å². The average molecular weight is 327 g/mol. The number of hydrogen-bond donors (Lipinski definition) is 1. The Morgan fingerprint density at radius 1 is 0.826 bits per heavy atom. The standard InChI is InChI=1S/C20H23ClN2/c21-15-10-11-16-18(13-15)22-19-12-14-8-6-4-2-1-3-5-7-9-17(14)23-20(16)19/h10-13,22H,1-9H2. The number of nitrogens with one attached hydrogen (secondary N) is 1. The molecule has 0 aliphatic heterocycles. The summed E-state index contributed by atoms with van der Waals surface area (Å²) in [6.45, 7) is 0. The molecule has 0 amide bonds. The molecule has 3 aromatic rings. The maximum absolute atomic E-state index is 6.13. The number of fused-ring (bicyclic) bond motifs is 4. The molecule has 0 fully saturated rings. The Morgan fingerprint density at radius 2 is 1.57 bits per heavy atom. The predicted octanol–water partition coefficient (Wildman–Crippen LogP) is 6.20. The third-order valence-electron chi connectivity index (χ3n) is 5.06. The number of hydrogen-bond acceptors (Lipinski definition) is 1. The molecule has 0 unspecified atom stereocenters. The number of pyridine rings is 1. The Hall–Kier alpha value is -1.54. The number of rotatable bonds is 0. The predicted molar refractivity (Wildman–Crippen MR) is 98.3 cm³/mol. The highest BCUT2D eigenvalue weighted by Crippen LogP contribution is 2.29. The number of H-pyrrole nitrogens is 1. The van der Waals surface area contributed by atoms with Gasteiger partial charge in [0.15, 0.2) is 0 Å². The Morgan fingerprint density at radius 3 is 2.39 bits per heavy atom. The number of aromatic amines is 1. The van der Waals surface area contributed by atoms with E-state index < -0.39 is 0 Å².